The number of benzene rings is 1. The predicted molar refractivity (Wildman–Crippen MR) is 80.9 cm³/mol. The standard InChI is InChI=1S/C16H24N2O3/c1-16(2,3)21-15(20)18-9-8-12(10-18)14(17)11-4-6-13(19)7-5-11/h4-7,12,14,19H,8-10,17H2,1-3H3. The van der Waals surface area contributed by atoms with Crippen LogP contribution >= 0.6 is 0 Å². The van der Waals surface area contributed by atoms with E-state index in [0.29, 0.717) is 13.1 Å². The van der Waals surface area contributed by atoms with Gasteiger partial charge in [-0.2, -0.15) is 0 Å². The van der Waals surface area contributed by atoms with Crippen molar-refractivity contribution in [2.45, 2.75) is 38.8 Å². The van der Waals surface area contributed by atoms with E-state index in [4.69, 9.17) is 10.5 Å². The lowest BCUT2D eigenvalue weighted by atomic mass is 9.93. The Morgan fingerprint density at radius 1 is 1.38 bits per heavy atom. The van der Waals surface area contributed by atoms with Gasteiger partial charge >= 0.3 is 6.09 Å². The first-order valence-electron chi connectivity index (χ1n) is 7.29. The number of nitrogens with two attached hydrogens (primary N) is 1. The fourth-order valence-corrected chi connectivity index (χ4v) is 2.54. The van der Waals surface area contributed by atoms with E-state index in [9.17, 15) is 9.90 Å². The highest BCUT2D eigenvalue weighted by atomic mass is 16.6. The monoisotopic (exact) mass is 292 g/mol. The molecule has 0 bridgehead atoms. The van der Waals surface area contributed by atoms with Crippen LogP contribution in [0.5, 0.6) is 5.75 Å². The van der Waals surface area contributed by atoms with Crippen molar-refractivity contribution in [2.75, 3.05) is 13.1 Å². The molecule has 1 fully saturated rings. The number of rotatable bonds is 2. The number of hydrogen-bond donors (Lipinski definition) is 2. The molecule has 2 atom stereocenters. The molecule has 1 amide bonds. The van der Waals surface area contributed by atoms with Crippen LogP contribution in [0.25, 0.3) is 0 Å². The number of nitrogens with zero attached hydrogens (tertiary/aromatic N) is 1. The lowest BCUT2D eigenvalue weighted by Crippen LogP contribution is -2.36. The number of likely N-dealkylation sites (tertiary alicyclic amines) is 1. The minimum atomic E-state index is -0.478. The second kappa shape index (κ2) is 5.93. The summed E-state index contributed by atoms with van der Waals surface area (Å²) in [6.45, 7) is 6.87. The number of carbonyl (C=O) groups excluding carboxylic acids is 1. The van der Waals surface area contributed by atoms with Gasteiger partial charge in [0.05, 0.1) is 0 Å². The van der Waals surface area contributed by atoms with Gasteiger partial charge in [0.25, 0.3) is 0 Å². The highest BCUT2D eigenvalue weighted by Crippen LogP contribution is 2.29. The normalized spacial score (nSPS) is 20.4. The number of aromatic hydroxyl groups is 1. The van der Waals surface area contributed by atoms with Crippen molar-refractivity contribution in [2.24, 2.45) is 11.7 Å². The van der Waals surface area contributed by atoms with Crippen LogP contribution < -0.4 is 5.73 Å². The summed E-state index contributed by atoms with van der Waals surface area (Å²) in [6.07, 6.45) is 0.587. The van der Waals surface area contributed by atoms with E-state index in [1.54, 1.807) is 17.0 Å². The predicted octanol–water partition coefficient (Wildman–Crippen LogP) is 2.65. The largest absolute Gasteiger partial charge is 0.508 e. The summed E-state index contributed by atoms with van der Waals surface area (Å²) in [5, 5.41) is 9.32. The van der Waals surface area contributed by atoms with Crippen molar-refractivity contribution in [1.29, 1.82) is 0 Å². The van der Waals surface area contributed by atoms with Crippen molar-refractivity contribution < 1.29 is 14.6 Å². The summed E-state index contributed by atoms with van der Waals surface area (Å²) in [5.41, 5.74) is 6.78. The lowest BCUT2D eigenvalue weighted by Gasteiger charge is -2.25. The molecule has 0 radical (unpaired) electrons. The number of carbonyl (C=O) groups is 1. The molecule has 2 unspecified atom stereocenters. The molecule has 1 aliphatic rings. The Labute approximate surface area is 125 Å². The average molecular weight is 292 g/mol. The quantitative estimate of drug-likeness (QED) is 0.878. The van der Waals surface area contributed by atoms with Crippen LogP contribution in [-0.2, 0) is 4.74 Å². The maximum atomic E-state index is 12.0. The Balaban J connectivity index is 1.95. The topological polar surface area (TPSA) is 75.8 Å². The maximum absolute atomic E-state index is 12.0. The first-order chi connectivity index (χ1) is 9.76. The molecule has 0 aromatic heterocycles. The van der Waals surface area contributed by atoms with Crippen LogP contribution in [-0.4, -0.2) is 34.8 Å². The molecule has 116 valence electrons. The van der Waals surface area contributed by atoms with Crippen LogP contribution in [0.4, 0.5) is 4.79 Å². The number of ether oxygens (including phenoxy) is 1. The van der Waals surface area contributed by atoms with E-state index in [-0.39, 0.29) is 23.8 Å². The van der Waals surface area contributed by atoms with E-state index in [1.165, 1.54) is 0 Å². The summed E-state index contributed by atoms with van der Waals surface area (Å²) in [4.78, 5) is 13.8. The minimum absolute atomic E-state index is 0.141. The molecule has 1 heterocycles. The third kappa shape index (κ3) is 4.11. The third-order valence-corrected chi connectivity index (χ3v) is 3.66. The fourth-order valence-electron chi connectivity index (χ4n) is 2.54. The number of hydrogen-bond acceptors (Lipinski definition) is 4. The number of phenols is 1. The van der Waals surface area contributed by atoms with Gasteiger partial charge in [0.15, 0.2) is 0 Å². The molecule has 1 aromatic rings. The fraction of sp³-hybridized carbons (Fsp3) is 0.562. The first kappa shape index (κ1) is 15.6. The molecule has 2 rings (SSSR count). The molecule has 1 aliphatic heterocycles. The van der Waals surface area contributed by atoms with Gasteiger partial charge in [0.2, 0.25) is 0 Å². The SMILES string of the molecule is CC(C)(C)OC(=O)N1CCC(C(N)c2ccc(O)cc2)C1. The Morgan fingerprint density at radius 3 is 2.57 bits per heavy atom. The molecule has 0 saturated carbocycles. The molecular weight excluding hydrogens is 268 g/mol. The Hall–Kier alpha value is -1.75. The average Bonchev–Trinajstić information content (AvgIpc) is 2.86. The molecule has 0 aliphatic carbocycles. The second-order valence-electron chi connectivity index (χ2n) is 6.59. The molecule has 1 saturated heterocycles. The smallest absolute Gasteiger partial charge is 0.410 e. The van der Waals surface area contributed by atoms with Crippen molar-refractivity contribution in [3.8, 4) is 5.75 Å². The zero-order valence-corrected chi connectivity index (χ0v) is 12.9. The van der Waals surface area contributed by atoms with Crippen molar-refractivity contribution in [3.63, 3.8) is 0 Å². The highest BCUT2D eigenvalue weighted by Gasteiger charge is 2.33. The Morgan fingerprint density at radius 2 is 2.00 bits per heavy atom. The molecule has 3 N–H and O–H groups in total. The van der Waals surface area contributed by atoms with Crippen LogP contribution in [0.3, 0.4) is 0 Å². The van der Waals surface area contributed by atoms with Crippen LogP contribution in [0.2, 0.25) is 0 Å². The van der Waals surface area contributed by atoms with E-state index >= 15 is 0 Å². The lowest BCUT2D eigenvalue weighted by molar-refractivity contribution is 0.0286. The number of amides is 1. The van der Waals surface area contributed by atoms with Gasteiger partial charge in [-0.3, -0.25) is 0 Å². The van der Waals surface area contributed by atoms with Crippen molar-refractivity contribution in [3.05, 3.63) is 29.8 Å². The number of phenolic OH excluding ortho intramolecular Hbond substituents is 1. The first-order valence-corrected chi connectivity index (χ1v) is 7.29. The van der Waals surface area contributed by atoms with Gasteiger partial charge in [-0.15, -0.1) is 0 Å². The molecule has 5 heteroatoms. The highest BCUT2D eigenvalue weighted by molar-refractivity contribution is 5.68. The Kier molecular flexibility index (Phi) is 4.42. The zero-order valence-electron chi connectivity index (χ0n) is 12.9. The van der Waals surface area contributed by atoms with Crippen LogP contribution in [0, 0.1) is 5.92 Å². The summed E-state index contributed by atoms with van der Waals surface area (Å²) in [6, 6.07) is 6.79. The molecule has 1 aromatic carbocycles. The third-order valence-electron chi connectivity index (χ3n) is 3.66. The Bertz CT molecular complexity index is 493. The van der Waals surface area contributed by atoms with E-state index in [0.717, 1.165) is 12.0 Å². The van der Waals surface area contributed by atoms with Gasteiger partial charge < -0.3 is 20.5 Å². The zero-order chi connectivity index (χ0) is 15.6. The second-order valence-corrected chi connectivity index (χ2v) is 6.59. The molecule has 21 heavy (non-hydrogen) atoms. The summed E-state index contributed by atoms with van der Waals surface area (Å²) in [7, 11) is 0. The van der Waals surface area contributed by atoms with E-state index in [1.807, 2.05) is 32.9 Å². The summed E-state index contributed by atoms with van der Waals surface area (Å²) >= 11 is 0. The van der Waals surface area contributed by atoms with Gasteiger partial charge in [0.1, 0.15) is 11.4 Å². The van der Waals surface area contributed by atoms with E-state index < -0.39 is 5.60 Å². The maximum Gasteiger partial charge on any atom is 0.410 e. The van der Waals surface area contributed by atoms with Gasteiger partial charge in [-0.1, -0.05) is 12.1 Å². The van der Waals surface area contributed by atoms with Crippen LogP contribution in [0.1, 0.15) is 38.8 Å². The molecular formula is C16H24N2O3. The van der Waals surface area contributed by atoms with Gasteiger partial charge in [-0.25, -0.2) is 4.79 Å². The van der Waals surface area contributed by atoms with Crippen molar-refractivity contribution in [1.82, 2.24) is 4.90 Å². The minimum Gasteiger partial charge on any atom is -0.508 e. The molecule has 0 spiro atoms. The van der Waals surface area contributed by atoms with Crippen LogP contribution in [0.15, 0.2) is 24.3 Å². The van der Waals surface area contributed by atoms with E-state index in [2.05, 4.69) is 0 Å². The summed E-state index contributed by atoms with van der Waals surface area (Å²) in [5.74, 6) is 0.440. The van der Waals surface area contributed by atoms with Gasteiger partial charge in [-0.05, 0) is 50.8 Å². The van der Waals surface area contributed by atoms with Crippen molar-refractivity contribution >= 4 is 6.09 Å². The van der Waals surface area contributed by atoms with Gasteiger partial charge in [0, 0.05) is 19.1 Å². The summed E-state index contributed by atoms with van der Waals surface area (Å²) < 4.78 is 5.38. The molecule has 5 nitrogen and oxygen atoms in total.